The van der Waals surface area contributed by atoms with Crippen LogP contribution in [0.5, 0.6) is 0 Å². The summed E-state index contributed by atoms with van der Waals surface area (Å²) in [5.74, 6) is 0.737. The third-order valence-electron chi connectivity index (χ3n) is 2.28. The van der Waals surface area contributed by atoms with E-state index in [4.69, 9.17) is 14.5 Å². The van der Waals surface area contributed by atoms with Gasteiger partial charge >= 0.3 is 7.12 Å². The number of furan rings is 1. The van der Waals surface area contributed by atoms with Gasteiger partial charge in [0.1, 0.15) is 5.66 Å². The average Bonchev–Trinajstić information content (AvgIpc) is 2.75. The van der Waals surface area contributed by atoms with Crippen LogP contribution in [0.1, 0.15) is 12.8 Å². The van der Waals surface area contributed by atoms with Gasteiger partial charge in [-0.05, 0) is 18.9 Å². The predicted molar refractivity (Wildman–Crippen MR) is 50.0 cm³/mol. The van der Waals surface area contributed by atoms with E-state index in [-0.39, 0.29) is 5.66 Å². The summed E-state index contributed by atoms with van der Waals surface area (Å²) in [6.45, 7) is 1.99. The Bertz CT molecular complexity index is 281. The van der Waals surface area contributed by atoms with Gasteiger partial charge in [0.15, 0.2) is 5.88 Å². The van der Waals surface area contributed by atoms with Crippen LogP contribution >= 0.6 is 0 Å². The topological polar surface area (TPSA) is 56.8 Å². The van der Waals surface area contributed by atoms with E-state index in [1.165, 1.54) is 12.8 Å². The highest BCUT2D eigenvalue weighted by Gasteiger charge is 2.20. The fraction of sp³-hybridized carbons (Fsp3) is 0.500. The maximum Gasteiger partial charge on any atom is 0.526 e. The molecule has 0 radical (unpaired) electrons. The zero-order valence-corrected chi connectivity index (χ0v) is 7.31. The van der Waals surface area contributed by atoms with Crippen molar-refractivity contribution in [2.45, 2.75) is 12.8 Å². The summed E-state index contributed by atoms with van der Waals surface area (Å²) in [5, 5.41) is 17.6. The van der Waals surface area contributed by atoms with Crippen molar-refractivity contribution >= 4 is 18.7 Å². The molecule has 5 heteroatoms. The molecule has 0 unspecified atom stereocenters. The van der Waals surface area contributed by atoms with Gasteiger partial charge in [-0.25, -0.2) is 0 Å². The molecule has 4 nitrogen and oxygen atoms in total. The molecule has 2 heterocycles. The summed E-state index contributed by atoms with van der Waals surface area (Å²) < 4.78 is 5.25. The molecule has 1 aromatic rings. The lowest BCUT2D eigenvalue weighted by Gasteiger charge is -2.12. The summed E-state index contributed by atoms with van der Waals surface area (Å²) in [5.41, 5.74) is 0.210. The molecule has 0 atom stereocenters. The third kappa shape index (κ3) is 1.71. The third-order valence-corrected chi connectivity index (χ3v) is 2.28. The molecule has 0 aliphatic carbocycles. The number of anilines is 1. The Kier molecular flexibility index (Phi) is 2.29. The summed E-state index contributed by atoms with van der Waals surface area (Å²) in [6, 6.07) is 3.37. The fourth-order valence-electron chi connectivity index (χ4n) is 1.59. The molecule has 70 valence electrons. The molecule has 0 saturated carbocycles. The molecule has 1 fully saturated rings. The number of hydrogen-bond acceptors (Lipinski definition) is 4. The van der Waals surface area contributed by atoms with Crippen LogP contribution in [-0.2, 0) is 0 Å². The fourth-order valence-corrected chi connectivity index (χ4v) is 1.59. The van der Waals surface area contributed by atoms with E-state index in [0.717, 1.165) is 19.0 Å². The van der Waals surface area contributed by atoms with E-state index < -0.39 is 7.12 Å². The molecule has 1 aromatic heterocycles. The molecule has 0 amide bonds. The number of rotatable bonds is 2. The van der Waals surface area contributed by atoms with Crippen LogP contribution in [0, 0.1) is 0 Å². The van der Waals surface area contributed by atoms with Crippen LogP contribution in [0.2, 0.25) is 0 Å². The Morgan fingerprint density at radius 3 is 2.46 bits per heavy atom. The highest BCUT2D eigenvalue weighted by atomic mass is 16.4. The van der Waals surface area contributed by atoms with Gasteiger partial charge in [-0.3, -0.25) is 0 Å². The van der Waals surface area contributed by atoms with E-state index >= 15 is 0 Å². The van der Waals surface area contributed by atoms with E-state index in [9.17, 15) is 0 Å². The van der Waals surface area contributed by atoms with Crippen molar-refractivity contribution in [3.8, 4) is 0 Å². The lowest BCUT2D eigenvalue weighted by molar-refractivity contribution is 0.409. The van der Waals surface area contributed by atoms with Crippen LogP contribution < -0.4 is 10.6 Å². The quantitative estimate of drug-likeness (QED) is 0.607. The molecule has 1 aliphatic rings. The summed E-state index contributed by atoms with van der Waals surface area (Å²) in [4.78, 5) is 2.10. The van der Waals surface area contributed by atoms with Crippen molar-refractivity contribution in [1.82, 2.24) is 0 Å². The molecule has 1 aliphatic heterocycles. The molecule has 2 N–H and O–H groups in total. The van der Waals surface area contributed by atoms with Gasteiger partial charge in [-0.15, -0.1) is 0 Å². The lowest BCUT2D eigenvalue weighted by atomic mass is 9.88. The largest absolute Gasteiger partial charge is 0.526 e. The molecule has 1 saturated heterocycles. The Morgan fingerprint density at radius 2 is 1.92 bits per heavy atom. The standard InChI is InChI=1S/C8H12BNO3/c11-9(12)7-3-4-8(13-7)10-5-1-2-6-10/h3-4,11-12H,1-2,5-6H2. The van der Waals surface area contributed by atoms with Crippen molar-refractivity contribution in [2.24, 2.45) is 0 Å². The van der Waals surface area contributed by atoms with Gasteiger partial charge in [-0.2, -0.15) is 0 Å². The van der Waals surface area contributed by atoms with E-state index in [1.807, 2.05) is 0 Å². The maximum absolute atomic E-state index is 8.82. The first-order chi connectivity index (χ1) is 6.27. The second-order valence-corrected chi connectivity index (χ2v) is 3.24. The second-order valence-electron chi connectivity index (χ2n) is 3.24. The van der Waals surface area contributed by atoms with Crippen molar-refractivity contribution in [3.05, 3.63) is 12.1 Å². The van der Waals surface area contributed by atoms with Gasteiger partial charge < -0.3 is 19.4 Å². The van der Waals surface area contributed by atoms with Crippen LogP contribution in [0.15, 0.2) is 16.5 Å². The Labute approximate surface area is 76.9 Å². The van der Waals surface area contributed by atoms with Crippen LogP contribution in [-0.4, -0.2) is 30.3 Å². The zero-order valence-electron chi connectivity index (χ0n) is 7.31. The zero-order chi connectivity index (χ0) is 9.26. The van der Waals surface area contributed by atoms with Gasteiger partial charge in [0.25, 0.3) is 0 Å². The number of hydrogen-bond donors (Lipinski definition) is 2. The van der Waals surface area contributed by atoms with Gasteiger partial charge in [-0.1, -0.05) is 0 Å². The molecule has 0 aromatic carbocycles. The van der Waals surface area contributed by atoms with Crippen LogP contribution in [0.25, 0.3) is 0 Å². The minimum Gasteiger partial charge on any atom is -0.449 e. The van der Waals surface area contributed by atoms with E-state index in [2.05, 4.69) is 4.90 Å². The summed E-state index contributed by atoms with van der Waals surface area (Å²) in [7, 11) is -1.50. The van der Waals surface area contributed by atoms with Gasteiger partial charge in [0, 0.05) is 19.2 Å². The monoisotopic (exact) mass is 181 g/mol. The molecule has 13 heavy (non-hydrogen) atoms. The Balaban J connectivity index is 2.12. The first kappa shape index (κ1) is 8.65. The first-order valence-corrected chi connectivity index (χ1v) is 4.48. The van der Waals surface area contributed by atoms with E-state index in [1.54, 1.807) is 12.1 Å². The minimum absolute atomic E-state index is 0.210. The first-order valence-electron chi connectivity index (χ1n) is 4.48. The smallest absolute Gasteiger partial charge is 0.449 e. The Morgan fingerprint density at radius 1 is 1.23 bits per heavy atom. The molecule has 0 spiro atoms. The molecular formula is C8H12BNO3. The summed E-state index contributed by atoms with van der Waals surface area (Å²) >= 11 is 0. The van der Waals surface area contributed by atoms with E-state index in [0.29, 0.717) is 0 Å². The van der Waals surface area contributed by atoms with Crippen molar-refractivity contribution in [2.75, 3.05) is 18.0 Å². The number of nitrogens with zero attached hydrogens (tertiary/aromatic N) is 1. The van der Waals surface area contributed by atoms with Crippen LogP contribution in [0.4, 0.5) is 5.88 Å². The van der Waals surface area contributed by atoms with Crippen molar-refractivity contribution in [3.63, 3.8) is 0 Å². The van der Waals surface area contributed by atoms with Crippen LogP contribution in [0.3, 0.4) is 0 Å². The van der Waals surface area contributed by atoms with Crippen molar-refractivity contribution in [1.29, 1.82) is 0 Å². The molecular weight excluding hydrogens is 169 g/mol. The second kappa shape index (κ2) is 3.43. The summed E-state index contributed by atoms with van der Waals surface area (Å²) in [6.07, 6.45) is 2.36. The predicted octanol–water partition coefficient (Wildman–Crippen LogP) is -0.440. The average molecular weight is 181 g/mol. The lowest BCUT2D eigenvalue weighted by Crippen LogP contribution is -2.28. The molecule has 0 bridgehead atoms. The highest BCUT2D eigenvalue weighted by Crippen LogP contribution is 2.19. The molecule has 2 rings (SSSR count). The van der Waals surface area contributed by atoms with Gasteiger partial charge in [0.2, 0.25) is 0 Å². The van der Waals surface area contributed by atoms with Gasteiger partial charge in [0.05, 0.1) is 0 Å². The highest BCUT2D eigenvalue weighted by molar-refractivity contribution is 6.57. The SMILES string of the molecule is OB(O)c1ccc(N2CCCC2)o1. The minimum atomic E-state index is -1.50. The normalized spacial score (nSPS) is 16.6. The Hall–Kier alpha value is -0.935. The maximum atomic E-state index is 8.82. The van der Waals surface area contributed by atoms with Crippen molar-refractivity contribution < 1.29 is 14.5 Å².